The summed E-state index contributed by atoms with van der Waals surface area (Å²) in [5, 5.41) is 3.03. The topological polar surface area (TPSA) is 66.5 Å². The molecular weight excluding hydrogens is 384 g/mol. The number of nitrogens with zero attached hydrogens (tertiary/aromatic N) is 1. The third kappa shape index (κ3) is 5.46. The fourth-order valence-electron chi connectivity index (χ4n) is 3.78. The maximum atomic E-state index is 12.6. The van der Waals surface area contributed by atoms with E-state index in [1.54, 1.807) is 28.6 Å². The first kappa shape index (κ1) is 21.5. The van der Waals surface area contributed by atoms with E-state index in [2.05, 4.69) is 23.5 Å². The SMILES string of the molecule is Cc1ccc(C)c([C@H](C)NC(=O)c2ccc(CS(=O)(=O)N3CCCCC3)cc2)c1. The molecule has 2 aromatic rings. The number of hydrogen-bond acceptors (Lipinski definition) is 3. The maximum absolute atomic E-state index is 12.6. The molecule has 1 aliphatic rings. The van der Waals surface area contributed by atoms with Crippen LogP contribution >= 0.6 is 0 Å². The summed E-state index contributed by atoms with van der Waals surface area (Å²) in [6.45, 7) is 7.26. The van der Waals surface area contributed by atoms with Gasteiger partial charge >= 0.3 is 0 Å². The van der Waals surface area contributed by atoms with Gasteiger partial charge in [-0.1, -0.05) is 42.3 Å². The normalized spacial score (nSPS) is 16.4. The minimum atomic E-state index is -3.30. The van der Waals surface area contributed by atoms with Gasteiger partial charge in [0.05, 0.1) is 11.8 Å². The zero-order valence-electron chi connectivity index (χ0n) is 17.4. The molecule has 6 heteroatoms. The Hall–Kier alpha value is -2.18. The number of carbonyl (C=O) groups is 1. The highest BCUT2D eigenvalue weighted by Gasteiger charge is 2.24. The molecule has 156 valence electrons. The second kappa shape index (κ2) is 9.09. The average molecular weight is 415 g/mol. The molecule has 1 N–H and O–H groups in total. The number of aryl methyl sites for hydroxylation is 2. The molecule has 5 nitrogen and oxygen atoms in total. The van der Waals surface area contributed by atoms with Crippen LogP contribution < -0.4 is 5.32 Å². The summed E-state index contributed by atoms with van der Waals surface area (Å²) < 4.78 is 26.8. The number of amides is 1. The van der Waals surface area contributed by atoms with Crippen LogP contribution in [-0.4, -0.2) is 31.7 Å². The second-order valence-electron chi connectivity index (χ2n) is 7.97. The molecule has 0 aliphatic carbocycles. The molecular formula is C23H30N2O3S. The summed E-state index contributed by atoms with van der Waals surface area (Å²) in [5.41, 5.74) is 4.63. The Morgan fingerprint density at radius 2 is 1.69 bits per heavy atom. The third-order valence-corrected chi connectivity index (χ3v) is 7.37. The lowest BCUT2D eigenvalue weighted by Crippen LogP contribution is -2.36. The molecule has 1 amide bonds. The van der Waals surface area contributed by atoms with Crippen LogP contribution in [0.5, 0.6) is 0 Å². The Kier molecular flexibility index (Phi) is 6.75. The number of piperidine rings is 1. The van der Waals surface area contributed by atoms with Gasteiger partial charge in [0.25, 0.3) is 5.91 Å². The van der Waals surface area contributed by atoms with Crippen molar-refractivity contribution in [1.29, 1.82) is 0 Å². The summed E-state index contributed by atoms with van der Waals surface area (Å²) in [6, 6.07) is 13.0. The van der Waals surface area contributed by atoms with E-state index < -0.39 is 10.0 Å². The smallest absolute Gasteiger partial charge is 0.251 e. The highest BCUT2D eigenvalue weighted by atomic mass is 32.2. The van der Waals surface area contributed by atoms with Gasteiger partial charge in [0.15, 0.2) is 0 Å². The maximum Gasteiger partial charge on any atom is 0.251 e. The van der Waals surface area contributed by atoms with Crippen LogP contribution in [-0.2, 0) is 15.8 Å². The predicted molar refractivity (Wildman–Crippen MR) is 116 cm³/mol. The summed E-state index contributed by atoms with van der Waals surface area (Å²) in [5.74, 6) is -0.183. The quantitative estimate of drug-likeness (QED) is 0.773. The molecule has 0 spiro atoms. The van der Waals surface area contributed by atoms with Gasteiger partial charge in [-0.25, -0.2) is 12.7 Å². The molecule has 0 saturated carbocycles. The van der Waals surface area contributed by atoms with E-state index in [1.807, 2.05) is 20.8 Å². The lowest BCUT2D eigenvalue weighted by atomic mass is 9.99. The van der Waals surface area contributed by atoms with E-state index in [9.17, 15) is 13.2 Å². The highest BCUT2D eigenvalue weighted by Crippen LogP contribution is 2.20. The summed E-state index contributed by atoms with van der Waals surface area (Å²) >= 11 is 0. The van der Waals surface area contributed by atoms with Crippen molar-refractivity contribution >= 4 is 15.9 Å². The van der Waals surface area contributed by atoms with E-state index in [0.717, 1.165) is 36.0 Å². The largest absolute Gasteiger partial charge is 0.346 e. The average Bonchev–Trinajstić information content (AvgIpc) is 2.70. The van der Waals surface area contributed by atoms with Crippen molar-refractivity contribution in [2.45, 2.75) is 51.8 Å². The van der Waals surface area contributed by atoms with Gasteiger partial charge < -0.3 is 5.32 Å². The van der Waals surface area contributed by atoms with Crippen LogP contribution in [0.3, 0.4) is 0 Å². The van der Waals surface area contributed by atoms with Crippen molar-refractivity contribution < 1.29 is 13.2 Å². The summed E-state index contributed by atoms with van der Waals surface area (Å²) in [4.78, 5) is 12.6. The fraction of sp³-hybridized carbons (Fsp3) is 0.435. The van der Waals surface area contributed by atoms with Gasteiger partial charge in [-0.2, -0.15) is 0 Å². The Bertz CT molecular complexity index is 962. The zero-order chi connectivity index (χ0) is 21.0. The van der Waals surface area contributed by atoms with E-state index >= 15 is 0 Å². The number of rotatable bonds is 6. The lowest BCUT2D eigenvalue weighted by Gasteiger charge is -2.25. The summed E-state index contributed by atoms with van der Waals surface area (Å²) in [6.07, 6.45) is 2.95. The zero-order valence-corrected chi connectivity index (χ0v) is 18.3. The van der Waals surface area contributed by atoms with Gasteiger partial charge in [-0.05, 0) is 62.4 Å². The molecule has 1 fully saturated rings. The van der Waals surface area contributed by atoms with Crippen LogP contribution in [0.15, 0.2) is 42.5 Å². The predicted octanol–water partition coefficient (Wildman–Crippen LogP) is 4.11. The van der Waals surface area contributed by atoms with Gasteiger partial charge in [0.2, 0.25) is 10.0 Å². The van der Waals surface area contributed by atoms with Crippen LogP contribution in [0.25, 0.3) is 0 Å². The standard InChI is InChI=1S/C23H30N2O3S/c1-17-7-8-18(2)22(15-17)19(3)24-23(26)21-11-9-20(10-12-21)16-29(27,28)25-13-5-4-6-14-25/h7-12,15,19H,4-6,13-14,16H2,1-3H3,(H,24,26)/t19-/m0/s1. The van der Waals surface area contributed by atoms with Crippen LogP contribution in [0.4, 0.5) is 0 Å². The van der Waals surface area contributed by atoms with Crippen LogP contribution in [0.2, 0.25) is 0 Å². The molecule has 0 radical (unpaired) electrons. The monoisotopic (exact) mass is 414 g/mol. The molecule has 2 aromatic carbocycles. The number of carbonyl (C=O) groups excluding carboxylic acids is 1. The van der Waals surface area contributed by atoms with E-state index in [-0.39, 0.29) is 17.7 Å². The van der Waals surface area contributed by atoms with Gasteiger partial charge in [-0.15, -0.1) is 0 Å². The molecule has 3 rings (SSSR count). The van der Waals surface area contributed by atoms with E-state index in [0.29, 0.717) is 24.2 Å². The highest BCUT2D eigenvalue weighted by molar-refractivity contribution is 7.88. The number of benzene rings is 2. The first-order chi connectivity index (χ1) is 13.8. The van der Waals surface area contributed by atoms with Crippen molar-refractivity contribution in [2.24, 2.45) is 0 Å². The Labute approximate surface area is 174 Å². The Balaban J connectivity index is 1.64. The first-order valence-corrected chi connectivity index (χ1v) is 11.8. The van der Waals surface area contributed by atoms with Crippen LogP contribution in [0.1, 0.15) is 64.8 Å². The molecule has 1 heterocycles. The number of nitrogens with one attached hydrogen (secondary N) is 1. The van der Waals surface area contributed by atoms with Gasteiger partial charge in [0, 0.05) is 18.7 Å². The minimum Gasteiger partial charge on any atom is -0.346 e. The van der Waals surface area contributed by atoms with Crippen LogP contribution in [0, 0.1) is 13.8 Å². The molecule has 1 atom stereocenters. The van der Waals surface area contributed by atoms with E-state index in [1.165, 1.54) is 0 Å². The van der Waals surface area contributed by atoms with Crippen molar-refractivity contribution in [1.82, 2.24) is 9.62 Å². The number of hydrogen-bond donors (Lipinski definition) is 1. The lowest BCUT2D eigenvalue weighted by molar-refractivity contribution is 0.0940. The van der Waals surface area contributed by atoms with E-state index in [4.69, 9.17) is 0 Å². The van der Waals surface area contributed by atoms with Crippen molar-refractivity contribution in [3.63, 3.8) is 0 Å². The molecule has 0 bridgehead atoms. The third-order valence-electron chi connectivity index (χ3n) is 5.52. The Morgan fingerprint density at radius 3 is 2.34 bits per heavy atom. The second-order valence-corrected chi connectivity index (χ2v) is 9.94. The molecule has 0 unspecified atom stereocenters. The molecule has 1 aliphatic heterocycles. The molecule has 29 heavy (non-hydrogen) atoms. The fourth-order valence-corrected chi connectivity index (χ4v) is 5.39. The van der Waals surface area contributed by atoms with Crippen molar-refractivity contribution in [3.8, 4) is 0 Å². The van der Waals surface area contributed by atoms with Crippen molar-refractivity contribution in [2.75, 3.05) is 13.1 Å². The first-order valence-electron chi connectivity index (χ1n) is 10.2. The van der Waals surface area contributed by atoms with Gasteiger partial charge in [-0.3, -0.25) is 4.79 Å². The minimum absolute atomic E-state index is 0.0201. The number of sulfonamides is 1. The van der Waals surface area contributed by atoms with Gasteiger partial charge in [0.1, 0.15) is 0 Å². The molecule has 1 saturated heterocycles. The molecule has 0 aromatic heterocycles. The Morgan fingerprint density at radius 1 is 1.03 bits per heavy atom. The van der Waals surface area contributed by atoms with Crippen molar-refractivity contribution in [3.05, 3.63) is 70.3 Å². The summed E-state index contributed by atoms with van der Waals surface area (Å²) in [7, 11) is -3.30.